The van der Waals surface area contributed by atoms with Gasteiger partial charge in [-0.15, -0.1) is 0 Å². The van der Waals surface area contributed by atoms with Crippen LogP contribution in [0.4, 0.5) is 0 Å². The second-order valence-corrected chi connectivity index (χ2v) is 14.7. The lowest BCUT2D eigenvalue weighted by molar-refractivity contribution is -0.144. The van der Waals surface area contributed by atoms with Gasteiger partial charge in [-0.3, -0.25) is 4.79 Å². The molecule has 0 unspecified atom stereocenters. The van der Waals surface area contributed by atoms with Crippen molar-refractivity contribution in [2.45, 2.75) is 136 Å². The Morgan fingerprint density at radius 2 is 1.57 bits per heavy atom. The Morgan fingerprint density at radius 1 is 1.00 bits per heavy atom. The predicted octanol–water partition coefficient (Wildman–Crippen LogP) is 7.17. The van der Waals surface area contributed by atoms with Crippen molar-refractivity contribution in [3.63, 3.8) is 0 Å². The van der Waals surface area contributed by atoms with Gasteiger partial charge in [0.2, 0.25) is 0 Å². The second kappa shape index (κ2) is 16.0. The van der Waals surface area contributed by atoms with Crippen molar-refractivity contribution in [2.24, 2.45) is 0 Å². The molecule has 0 bridgehead atoms. The number of aliphatic hydroxyl groups excluding tert-OH is 1. The van der Waals surface area contributed by atoms with E-state index in [4.69, 9.17) is 9.16 Å². The molecule has 0 saturated carbocycles. The van der Waals surface area contributed by atoms with E-state index >= 15 is 0 Å². The molecule has 0 amide bonds. The summed E-state index contributed by atoms with van der Waals surface area (Å²) < 4.78 is 11.5. The van der Waals surface area contributed by atoms with E-state index in [2.05, 4.69) is 46.9 Å². The lowest BCUT2D eigenvalue weighted by Gasteiger charge is -2.39. The maximum absolute atomic E-state index is 11.7. The fraction of sp³-hybridized carbons (Fsp3) is 0.880. The zero-order valence-electron chi connectivity index (χ0n) is 21.0. The molecule has 30 heavy (non-hydrogen) atoms. The summed E-state index contributed by atoms with van der Waals surface area (Å²) in [6.07, 6.45) is 15.2. The van der Waals surface area contributed by atoms with Gasteiger partial charge in [-0.05, 0) is 44.3 Å². The predicted molar refractivity (Wildman–Crippen MR) is 130 cm³/mol. The van der Waals surface area contributed by atoms with Crippen LogP contribution in [0.25, 0.3) is 0 Å². The lowest BCUT2D eigenvalue weighted by atomic mass is 10.1. The highest BCUT2D eigenvalue weighted by molar-refractivity contribution is 6.74. The first-order valence-electron chi connectivity index (χ1n) is 12.2. The molecule has 0 fully saturated rings. The molecule has 0 aromatic rings. The number of hydrogen-bond donors (Lipinski definition) is 1. The number of allylic oxidation sites excluding steroid dienone is 1. The van der Waals surface area contributed by atoms with Crippen molar-refractivity contribution in [2.75, 3.05) is 6.61 Å². The molecule has 5 heteroatoms. The Kier molecular flexibility index (Phi) is 15.7. The van der Waals surface area contributed by atoms with E-state index in [1.807, 2.05) is 6.08 Å². The van der Waals surface area contributed by atoms with Gasteiger partial charge < -0.3 is 14.3 Å². The molecule has 0 saturated heterocycles. The van der Waals surface area contributed by atoms with Gasteiger partial charge in [0.05, 0.1) is 18.8 Å². The van der Waals surface area contributed by atoms with Gasteiger partial charge in [0.15, 0.2) is 8.32 Å². The Labute approximate surface area is 187 Å². The molecular formula is C25H50O4Si. The molecular weight excluding hydrogens is 392 g/mol. The van der Waals surface area contributed by atoms with Crippen molar-refractivity contribution < 1.29 is 19.1 Å². The summed E-state index contributed by atoms with van der Waals surface area (Å²) in [4.78, 5) is 11.7. The second-order valence-electron chi connectivity index (χ2n) is 9.95. The number of aliphatic hydroxyl groups is 1. The van der Waals surface area contributed by atoms with E-state index in [1.165, 1.54) is 51.4 Å². The van der Waals surface area contributed by atoms with Crippen molar-refractivity contribution in [1.29, 1.82) is 0 Å². The van der Waals surface area contributed by atoms with Gasteiger partial charge in [0.1, 0.15) is 0 Å². The van der Waals surface area contributed by atoms with E-state index in [0.29, 0.717) is 13.0 Å². The third-order valence-electron chi connectivity index (χ3n) is 6.12. The fourth-order valence-corrected chi connectivity index (χ4v) is 4.32. The van der Waals surface area contributed by atoms with Crippen molar-refractivity contribution in [3.8, 4) is 0 Å². The smallest absolute Gasteiger partial charge is 0.305 e. The normalized spacial score (nSPS) is 14.8. The molecule has 0 aliphatic rings. The zero-order chi connectivity index (χ0) is 23.0. The summed E-state index contributed by atoms with van der Waals surface area (Å²) in [7, 11) is -2.03. The average Bonchev–Trinajstić information content (AvgIpc) is 2.65. The molecule has 178 valence electrons. The largest absolute Gasteiger partial charge is 0.466 e. The van der Waals surface area contributed by atoms with Crippen molar-refractivity contribution in [1.82, 2.24) is 0 Å². The molecule has 4 nitrogen and oxygen atoms in total. The molecule has 2 atom stereocenters. The highest BCUT2D eigenvalue weighted by Crippen LogP contribution is 2.38. The number of hydrogen-bond acceptors (Lipinski definition) is 4. The van der Waals surface area contributed by atoms with Crippen LogP contribution in [-0.4, -0.2) is 38.2 Å². The summed E-state index contributed by atoms with van der Waals surface area (Å²) in [5.41, 5.74) is 0. The molecule has 0 aliphatic heterocycles. The van der Waals surface area contributed by atoms with Gasteiger partial charge in [0.25, 0.3) is 0 Å². The molecule has 1 N–H and O–H groups in total. The lowest BCUT2D eigenvalue weighted by Crippen LogP contribution is -2.46. The van der Waals surface area contributed by atoms with Crippen LogP contribution in [0, 0.1) is 0 Å². The van der Waals surface area contributed by atoms with E-state index < -0.39 is 14.4 Å². The number of esters is 1. The number of carbonyl (C=O) groups is 1. The van der Waals surface area contributed by atoms with E-state index in [-0.39, 0.29) is 23.5 Å². The number of ether oxygens (including phenoxy) is 1. The summed E-state index contributed by atoms with van der Waals surface area (Å²) in [5, 5.41) is 10.8. The fourth-order valence-electron chi connectivity index (χ4n) is 3.05. The first-order chi connectivity index (χ1) is 14.0. The van der Waals surface area contributed by atoms with Crippen LogP contribution in [0.15, 0.2) is 12.2 Å². The SMILES string of the molecule is CCCCCCCCCC/C=C/[C@@H](O[Si](C)(C)C(C)(C)C)[C@H](O)CCC(=O)OCC. The van der Waals surface area contributed by atoms with Crippen LogP contribution in [0.3, 0.4) is 0 Å². The summed E-state index contributed by atoms with van der Waals surface area (Å²) in [6, 6.07) is 0. The maximum atomic E-state index is 11.7. The standard InChI is InChI=1S/C25H50O4Si/c1-8-10-11-12-13-14-15-16-17-18-19-23(29-30(6,7)25(3,4)5)22(26)20-21-24(27)28-9-2/h18-19,22-23,26H,8-17,20-21H2,1-7H3/b19-18+/t22-,23-/m1/s1. The number of carbonyl (C=O) groups excluding carboxylic acids is 1. The Hall–Kier alpha value is -0.653. The number of unbranched alkanes of at least 4 members (excludes halogenated alkanes) is 8. The first-order valence-corrected chi connectivity index (χ1v) is 15.1. The van der Waals surface area contributed by atoms with Gasteiger partial charge >= 0.3 is 5.97 Å². The minimum Gasteiger partial charge on any atom is -0.466 e. The van der Waals surface area contributed by atoms with Crippen LogP contribution in [0.5, 0.6) is 0 Å². The molecule has 0 radical (unpaired) electrons. The van der Waals surface area contributed by atoms with Gasteiger partial charge in [-0.25, -0.2) is 0 Å². The highest BCUT2D eigenvalue weighted by Gasteiger charge is 2.40. The minimum atomic E-state index is -2.03. The van der Waals surface area contributed by atoms with Crippen LogP contribution in [0.1, 0.15) is 105 Å². The Balaban J connectivity index is 4.61. The summed E-state index contributed by atoms with van der Waals surface area (Å²) >= 11 is 0. The van der Waals surface area contributed by atoms with E-state index in [9.17, 15) is 9.90 Å². The third-order valence-corrected chi connectivity index (χ3v) is 10.6. The molecule has 0 heterocycles. The zero-order valence-corrected chi connectivity index (χ0v) is 22.0. The van der Waals surface area contributed by atoms with Gasteiger partial charge in [0, 0.05) is 6.42 Å². The highest BCUT2D eigenvalue weighted by atomic mass is 28.4. The summed E-state index contributed by atoms with van der Waals surface area (Å²) in [5.74, 6) is -0.259. The molecule has 0 aromatic heterocycles. The van der Waals surface area contributed by atoms with E-state index in [0.717, 1.165) is 6.42 Å². The van der Waals surface area contributed by atoms with Crippen LogP contribution in [0.2, 0.25) is 18.1 Å². The molecule has 0 aliphatic carbocycles. The maximum Gasteiger partial charge on any atom is 0.305 e. The first kappa shape index (κ1) is 29.3. The topological polar surface area (TPSA) is 55.8 Å². The summed E-state index contributed by atoms with van der Waals surface area (Å²) in [6.45, 7) is 15.4. The van der Waals surface area contributed by atoms with Crippen LogP contribution < -0.4 is 0 Å². The third kappa shape index (κ3) is 13.6. The van der Waals surface area contributed by atoms with Crippen LogP contribution >= 0.6 is 0 Å². The quantitative estimate of drug-likeness (QED) is 0.112. The van der Waals surface area contributed by atoms with Crippen molar-refractivity contribution >= 4 is 14.3 Å². The molecule has 0 rings (SSSR count). The van der Waals surface area contributed by atoms with Gasteiger partial charge in [-0.1, -0.05) is 84.8 Å². The van der Waals surface area contributed by atoms with Crippen molar-refractivity contribution in [3.05, 3.63) is 12.2 Å². The minimum absolute atomic E-state index is 0.0672. The Bertz CT molecular complexity index is 468. The van der Waals surface area contributed by atoms with Gasteiger partial charge in [-0.2, -0.15) is 0 Å². The molecule has 0 aromatic carbocycles. The van der Waals surface area contributed by atoms with Crippen LogP contribution in [-0.2, 0) is 14.0 Å². The number of rotatable bonds is 17. The molecule has 0 spiro atoms. The monoisotopic (exact) mass is 442 g/mol. The average molecular weight is 443 g/mol. The Morgan fingerprint density at radius 3 is 2.10 bits per heavy atom. The van der Waals surface area contributed by atoms with E-state index in [1.54, 1.807) is 6.92 Å².